The number of hydrogen-bond donors (Lipinski definition) is 2. The number of thioether (sulfide) groups is 1. The molecule has 29 heavy (non-hydrogen) atoms. The molecule has 0 amide bonds. The van der Waals surface area contributed by atoms with Crippen LogP contribution in [0.15, 0.2) is 21.7 Å². The summed E-state index contributed by atoms with van der Waals surface area (Å²) in [6, 6.07) is 3.84. The Bertz CT molecular complexity index is 1210. The number of nitrogens with two attached hydrogens (primary N) is 1. The van der Waals surface area contributed by atoms with Gasteiger partial charge in [-0.1, -0.05) is 11.8 Å². The van der Waals surface area contributed by atoms with Gasteiger partial charge in [0.25, 0.3) is 0 Å². The lowest BCUT2D eigenvalue weighted by Crippen LogP contribution is -2.02. The summed E-state index contributed by atoms with van der Waals surface area (Å²) in [5.74, 6) is 4.21. The summed E-state index contributed by atoms with van der Waals surface area (Å²) in [7, 11) is 0. The van der Waals surface area contributed by atoms with E-state index in [0.29, 0.717) is 28.4 Å². The largest absolute Gasteiger partial charge is 0.462 e. The Kier molecular flexibility index (Phi) is 4.84. The van der Waals surface area contributed by atoms with E-state index in [9.17, 15) is 0 Å². The normalized spacial score (nSPS) is 14.1. The van der Waals surface area contributed by atoms with E-state index >= 15 is 0 Å². The molecule has 0 aliphatic heterocycles. The van der Waals surface area contributed by atoms with E-state index in [4.69, 9.17) is 15.1 Å². The van der Waals surface area contributed by atoms with E-state index in [1.807, 2.05) is 31.2 Å². The van der Waals surface area contributed by atoms with Crippen LogP contribution in [0.3, 0.4) is 0 Å². The predicted molar refractivity (Wildman–Crippen MR) is 117 cm³/mol. The molecule has 0 radical (unpaired) electrons. The fraction of sp³-hybridized carbons (Fsp3) is 0.300. The molecule has 9 heteroatoms. The van der Waals surface area contributed by atoms with Crippen LogP contribution in [0.2, 0.25) is 0 Å². The molecule has 0 saturated carbocycles. The second-order valence-corrected chi connectivity index (χ2v) is 9.02. The fourth-order valence-electron chi connectivity index (χ4n) is 3.53. The van der Waals surface area contributed by atoms with Gasteiger partial charge in [-0.3, -0.25) is 5.10 Å². The second kappa shape index (κ2) is 7.64. The molecule has 0 saturated heterocycles. The molecule has 7 nitrogen and oxygen atoms in total. The van der Waals surface area contributed by atoms with Crippen molar-refractivity contribution in [2.75, 3.05) is 5.73 Å². The van der Waals surface area contributed by atoms with Gasteiger partial charge in [0.2, 0.25) is 5.16 Å². The lowest BCUT2D eigenvalue weighted by molar-refractivity contribution is 0.525. The Balaban J connectivity index is 1.29. The van der Waals surface area contributed by atoms with Crippen molar-refractivity contribution in [3.8, 4) is 0 Å². The van der Waals surface area contributed by atoms with Crippen molar-refractivity contribution in [2.24, 2.45) is 0 Å². The Morgan fingerprint density at radius 3 is 2.97 bits per heavy atom. The molecule has 4 aromatic heterocycles. The number of thiophene rings is 1. The van der Waals surface area contributed by atoms with Crippen LogP contribution in [0.1, 0.15) is 46.5 Å². The van der Waals surface area contributed by atoms with Crippen molar-refractivity contribution >= 4 is 51.3 Å². The van der Waals surface area contributed by atoms with E-state index in [1.165, 1.54) is 35.0 Å². The summed E-state index contributed by atoms with van der Waals surface area (Å²) < 4.78 is 5.51. The van der Waals surface area contributed by atoms with E-state index in [2.05, 4.69) is 20.2 Å². The molecule has 5 rings (SSSR count). The lowest BCUT2D eigenvalue weighted by Gasteiger charge is -2.10. The molecule has 4 heterocycles. The van der Waals surface area contributed by atoms with Gasteiger partial charge < -0.3 is 10.2 Å². The molecular formula is C20H20N6OS2. The van der Waals surface area contributed by atoms with Crippen molar-refractivity contribution in [1.82, 2.24) is 25.1 Å². The first-order valence-corrected chi connectivity index (χ1v) is 11.3. The summed E-state index contributed by atoms with van der Waals surface area (Å²) in [5, 5.41) is 8.88. The second-order valence-electron chi connectivity index (χ2n) is 6.99. The number of nitrogen functional groups attached to an aromatic ring is 1. The number of hydrogen-bond acceptors (Lipinski definition) is 8. The Morgan fingerprint density at radius 1 is 1.21 bits per heavy atom. The first-order chi connectivity index (χ1) is 14.2. The number of rotatable bonds is 5. The van der Waals surface area contributed by atoms with Gasteiger partial charge in [0.05, 0.1) is 11.1 Å². The van der Waals surface area contributed by atoms with Gasteiger partial charge >= 0.3 is 0 Å². The third-order valence-electron chi connectivity index (χ3n) is 4.87. The van der Waals surface area contributed by atoms with Crippen molar-refractivity contribution in [1.29, 1.82) is 0 Å². The average molecular weight is 425 g/mol. The number of aromatic amines is 1. The number of fused-ring (bicyclic) bond motifs is 3. The number of aryl methyl sites for hydroxylation is 3. The standard InChI is InChI=1S/C20H20N6OS2/c1-11-6-7-12(27-11)8-9-15-24-20(26-25-15)28-10-16-22-18(21)17-13-4-2-3-5-14(13)29-19(17)23-16/h6-9H,2-5,10H2,1H3,(H2,21,22,23)(H,24,25,26)/b9-8+. The first kappa shape index (κ1) is 18.4. The summed E-state index contributed by atoms with van der Waals surface area (Å²) in [4.78, 5) is 16.2. The minimum absolute atomic E-state index is 0.571. The third kappa shape index (κ3) is 3.79. The van der Waals surface area contributed by atoms with Gasteiger partial charge in [0.15, 0.2) is 0 Å². The fourth-order valence-corrected chi connectivity index (χ4v) is 5.47. The molecule has 4 aromatic rings. The molecule has 0 bridgehead atoms. The van der Waals surface area contributed by atoms with Crippen LogP contribution in [0.4, 0.5) is 5.82 Å². The zero-order valence-electron chi connectivity index (χ0n) is 15.9. The lowest BCUT2D eigenvalue weighted by atomic mass is 9.97. The Hall–Kier alpha value is -2.65. The van der Waals surface area contributed by atoms with Crippen LogP contribution >= 0.6 is 23.1 Å². The van der Waals surface area contributed by atoms with E-state index in [1.54, 1.807) is 11.3 Å². The van der Waals surface area contributed by atoms with Gasteiger partial charge in [-0.2, -0.15) is 0 Å². The zero-order chi connectivity index (χ0) is 19.8. The zero-order valence-corrected chi connectivity index (χ0v) is 17.6. The predicted octanol–water partition coefficient (Wildman–Crippen LogP) is 4.63. The van der Waals surface area contributed by atoms with Crippen molar-refractivity contribution < 1.29 is 4.42 Å². The van der Waals surface area contributed by atoms with E-state index in [0.717, 1.165) is 34.6 Å². The van der Waals surface area contributed by atoms with Crippen LogP contribution in [0.5, 0.6) is 0 Å². The summed E-state index contributed by atoms with van der Waals surface area (Å²) in [5.41, 5.74) is 7.65. The minimum atomic E-state index is 0.571. The Labute approximate surface area is 175 Å². The maximum absolute atomic E-state index is 6.29. The number of aromatic nitrogens is 5. The number of nitrogens with zero attached hydrogens (tertiary/aromatic N) is 4. The molecule has 3 N–H and O–H groups in total. The van der Waals surface area contributed by atoms with Gasteiger partial charge in [-0.15, -0.1) is 16.4 Å². The summed E-state index contributed by atoms with van der Waals surface area (Å²) in [6.45, 7) is 1.91. The molecule has 0 aromatic carbocycles. The number of nitrogens with one attached hydrogen (secondary N) is 1. The molecule has 0 spiro atoms. The molecule has 0 unspecified atom stereocenters. The van der Waals surface area contributed by atoms with Crippen LogP contribution in [0, 0.1) is 6.92 Å². The topological polar surface area (TPSA) is 107 Å². The van der Waals surface area contributed by atoms with Crippen LogP contribution in [-0.4, -0.2) is 25.1 Å². The van der Waals surface area contributed by atoms with Crippen LogP contribution in [0.25, 0.3) is 22.4 Å². The monoisotopic (exact) mass is 424 g/mol. The maximum Gasteiger partial charge on any atom is 0.209 e. The summed E-state index contributed by atoms with van der Waals surface area (Å²) in [6.07, 6.45) is 8.38. The highest BCUT2D eigenvalue weighted by molar-refractivity contribution is 7.98. The van der Waals surface area contributed by atoms with Gasteiger partial charge in [0, 0.05) is 4.88 Å². The highest BCUT2D eigenvalue weighted by Gasteiger charge is 2.20. The van der Waals surface area contributed by atoms with Crippen molar-refractivity contribution in [2.45, 2.75) is 43.5 Å². The highest BCUT2D eigenvalue weighted by atomic mass is 32.2. The SMILES string of the molecule is Cc1ccc(/C=C/c2nc(SCc3nc(N)c4c5c(sc4n3)CCCC5)n[nH]2)o1. The molecule has 1 aliphatic carbocycles. The van der Waals surface area contributed by atoms with Crippen LogP contribution in [-0.2, 0) is 18.6 Å². The van der Waals surface area contributed by atoms with E-state index < -0.39 is 0 Å². The Morgan fingerprint density at radius 2 is 2.10 bits per heavy atom. The molecule has 1 aliphatic rings. The van der Waals surface area contributed by atoms with Gasteiger partial charge in [-0.05, 0) is 62.5 Å². The van der Waals surface area contributed by atoms with Gasteiger partial charge in [-0.25, -0.2) is 15.0 Å². The number of anilines is 1. The average Bonchev–Trinajstić information content (AvgIpc) is 3.42. The quantitative estimate of drug-likeness (QED) is 0.450. The smallest absolute Gasteiger partial charge is 0.209 e. The third-order valence-corrected chi connectivity index (χ3v) is 6.90. The summed E-state index contributed by atoms with van der Waals surface area (Å²) >= 11 is 3.25. The maximum atomic E-state index is 6.29. The molecule has 0 atom stereocenters. The van der Waals surface area contributed by atoms with E-state index in [-0.39, 0.29) is 0 Å². The highest BCUT2D eigenvalue weighted by Crippen LogP contribution is 2.38. The van der Waals surface area contributed by atoms with Crippen molar-refractivity contribution in [3.05, 3.63) is 45.7 Å². The van der Waals surface area contributed by atoms with Crippen LogP contribution < -0.4 is 5.73 Å². The minimum Gasteiger partial charge on any atom is -0.462 e. The molecule has 148 valence electrons. The molecule has 0 fully saturated rings. The first-order valence-electron chi connectivity index (χ1n) is 9.52. The van der Waals surface area contributed by atoms with Gasteiger partial charge in [0.1, 0.15) is 33.8 Å². The molecular weight excluding hydrogens is 404 g/mol. The van der Waals surface area contributed by atoms with Crippen molar-refractivity contribution in [3.63, 3.8) is 0 Å². The number of furan rings is 1. The number of H-pyrrole nitrogens is 1.